The number of hydrogen-bond donors (Lipinski definition) is 1. The molecular weight excluding hydrogens is 297 g/mol. The van der Waals surface area contributed by atoms with E-state index in [2.05, 4.69) is 5.10 Å². The lowest BCUT2D eigenvalue weighted by atomic mass is 9.95. The van der Waals surface area contributed by atoms with E-state index in [9.17, 15) is 18.0 Å². The van der Waals surface area contributed by atoms with Gasteiger partial charge in [0.1, 0.15) is 17.5 Å². The second-order valence-corrected chi connectivity index (χ2v) is 4.57. The second kappa shape index (κ2) is 5.89. The molecule has 1 aromatic carbocycles. The molecule has 8 heteroatoms. The van der Waals surface area contributed by atoms with Crippen LogP contribution in [-0.2, 0) is 0 Å². The number of hydrogen-bond acceptors (Lipinski definition) is 4. The molecule has 1 heterocycles. The van der Waals surface area contributed by atoms with Gasteiger partial charge in [-0.1, -0.05) is 30.3 Å². The molecule has 1 atom stereocenters. The molecule has 5 nitrogen and oxygen atoms in total. The zero-order valence-electron chi connectivity index (χ0n) is 11.2. The topological polar surface area (TPSA) is 84.7 Å². The van der Waals surface area contributed by atoms with Gasteiger partial charge in [0, 0.05) is 6.42 Å². The average molecular weight is 308 g/mol. The van der Waals surface area contributed by atoms with Crippen molar-refractivity contribution < 1.29 is 18.0 Å². The third kappa shape index (κ3) is 3.09. The van der Waals surface area contributed by atoms with Crippen LogP contribution in [0.4, 0.5) is 19.0 Å². The van der Waals surface area contributed by atoms with E-state index in [1.165, 1.54) is 24.3 Å². The van der Waals surface area contributed by atoms with Crippen molar-refractivity contribution in [2.45, 2.75) is 18.5 Å². The summed E-state index contributed by atoms with van der Waals surface area (Å²) in [6.45, 7) is 0. The summed E-state index contributed by atoms with van der Waals surface area (Å²) in [6.07, 6.45) is -4.39. The number of nitrogen functional groups attached to an aromatic ring is 1. The van der Waals surface area contributed by atoms with E-state index in [-0.39, 0.29) is 16.9 Å². The first-order valence-corrected chi connectivity index (χ1v) is 6.23. The number of anilines is 1. The van der Waals surface area contributed by atoms with Gasteiger partial charge in [0.05, 0.1) is 12.1 Å². The van der Waals surface area contributed by atoms with Crippen LogP contribution >= 0.6 is 0 Å². The molecule has 22 heavy (non-hydrogen) atoms. The monoisotopic (exact) mass is 308 g/mol. The Bertz CT molecular complexity index is 716. The minimum atomic E-state index is -4.59. The maximum absolute atomic E-state index is 13.2. The number of nitriles is 1. The van der Waals surface area contributed by atoms with Gasteiger partial charge in [-0.2, -0.15) is 28.2 Å². The van der Waals surface area contributed by atoms with Gasteiger partial charge in [0.15, 0.2) is 0 Å². The first-order valence-electron chi connectivity index (χ1n) is 6.23. The molecule has 1 aromatic heterocycles. The van der Waals surface area contributed by atoms with Gasteiger partial charge < -0.3 is 5.73 Å². The number of carbonyl (C=O) groups excluding carboxylic acids is 1. The lowest BCUT2D eigenvalue weighted by Gasteiger charge is -2.20. The van der Waals surface area contributed by atoms with Crippen molar-refractivity contribution in [1.29, 1.82) is 5.26 Å². The summed E-state index contributed by atoms with van der Waals surface area (Å²) < 4.78 is 40.2. The Morgan fingerprint density at radius 3 is 2.50 bits per heavy atom. The molecule has 0 saturated carbocycles. The summed E-state index contributed by atoms with van der Waals surface area (Å²) in [5, 5.41) is 12.3. The molecule has 2 N–H and O–H groups in total. The number of halogens is 3. The van der Waals surface area contributed by atoms with Crippen LogP contribution in [-0.4, -0.2) is 21.9 Å². The first kappa shape index (κ1) is 15.6. The number of rotatable bonds is 3. The van der Waals surface area contributed by atoms with Crippen molar-refractivity contribution in [3.63, 3.8) is 0 Å². The fraction of sp³-hybridized carbons (Fsp3) is 0.214. The van der Waals surface area contributed by atoms with Crippen LogP contribution < -0.4 is 5.73 Å². The standard InChI is InChI=1S/C14H11F3N4O/c15-14(16,17)11(9-4-2-1-3-5-9)6-12(22)21-13(19)10(7-18)8-20-21/h1-5,8,11H,6,19H2/t11-/m0/s1. The predicted molar refractivity (Wildman–Crippen MR) is 71.8 cm³/mol. The quantitative estimate of drug-likeness (QED) is 0.944. The number of benzene rings is 1. The highest BCUT2D eigenvalue weighted by Crippen LogP contribution is 2.37. The molecule has 2 aromatic rings. The SMILES string of the molecule is N#Cc1cnn(C(=O)C[C@@H](c2ccccc2)C(F)(F)F)c1N. The summed E-state index contributed by atoms with van der Waals surface area (Å²) in [5.74, 6) is -3.15. The highest BCUT2D eigenvalue weighted by Gasteiger charge is 2.42. The van der Waals surface area contributed by atoms with Gasteiger partial charge in [0.2, 0.25) is 5.91 Å². The van der Waals surface area contributed by atoms with Crippen LogP contribution in [0.2, 0.25) is 0 Å². The first-order chi connectivity index (χ1) is 10.3. The van der Waals surface area contributed by atoms with E-state index < -0.39 is 24.4 Å². The van der Waals surface area contributed by atoms with E-state index in [1.54, 1.807) is 12.1 Å². The lowest BCUT2D eigenvalue weighted by Crippen LogP contribution is -2.27. The molecule has 0 bridgehead atoms. The normalized spacial score (nSPS) is 12.6. The molecule has 114 valence electrons. The fourth-order valence-corrected chi connectivity index (χ4v) is 2.01. The average Bonchev–Trinajstić information content (AvgIpc) is 2.85. The van der Waals surface area contributed by atoms with Gasteiger partial charge >= 0.3 is 6.18 Å². The molecule has 0 amide bonds. The zero-order valence-corrected chi connectivity index (χ0v) is 11.2. The third-order valence-electron chi connectivity index (χ3n) is 3.14. The Hall–Kier alpha value is -2.82. The van der Waals surface area contributed by atoms with Crippen LogP contribution in [0.3, 0.4) is 0 Å². The molecule has 0 spiro atoms. The van der Waals surface area contributed by atoms with Crippen LogP contribution in [0.5, 0.6) is 0 Å². The molecule has 2 rings (SSSR count). The highest BCUT2D eigenvalue weighted by atomic mass is 19.4. The van der Waals surface area contributed by atoms with Crippen molar-refractivity contribution >= 4 is 11.7 Å². The maximum atomic E-state index is 13.2. The van der Waals surface area contributed by atoms with Crippen molar-refractivity contribution in [3.05, 3.63) is 47.7 Å². The fourth-order valence-electron chi connectivity index (χ4n) is 2.01. The Labute approximate surface area is 123 Å². The number of aromatic nitrogens is 2. The van der Waals surface area contributed by atoms with E-state index in [0.717, 1.165) is 6.20 Å². The summed E-state index contributed by atoms with van der Waals surface area (Å²) in [7, 11) is 0. The molecule has 0 fully saturated rings. The predicted octanol–water partition coefficient (Wildman–Crippen LogP) is 2.71. The van der Waals surface area contributed by atoms with Crippen LogP contribution in [0.1, 0.15) is 28.3 Å². The summed E-state index contributed by atoms with van der Waals surface area (Å²) in [6, 6.07) is 8.83. The van der Waals surface area contributed by atoms with Gasteiger partial charge in [-0.25, -0.2) is 0 Å². The number of nitrogens with two attached hydrogens (primary N) is 1. The van der Waals surface area contributed by atoms with Crippen molar-refractivity contribution in [2.24, 2.45) is 0 Å². The molecule has 0 saturated heterocycles. The number of alkyl halides is 3. The van der Waals surface area contributed by atoms with Gasteiger partial charge in [-0.05, 0) is 5.56 Å². The van der Waals surface area contributed by atoms with E-state index in [4.69, 9.17) is 11.0 Å². The van der Waals surface area contributed by atoms with Gasteiger partial charge in [-0.3, -0.25) is 4.79 Å². The van der Waals surface area contributed by atoms with Gasteiger partial charge in [0.25, 0.3) is 0 Å². The molecule has 0 unspecified atom stereocenters. The van der Waals surface area contributed by atoms with Crippen molar-refractivity contribution in [2.75, 3.05) is 5.73 Å². The maximum Gasteiger partial charge on any atom is 0.396 e. The molecular formula is C14H11F3N4O. The second-order valence-electron chi connectivity index (χ2n) is 4.57. The Morgan fingerprint density at radius 1 is 1.36 bits per heavy atom. The number of nitrogens with zero attached hydrogens (tertiary/aromatic N) is 3. The van der Waals surface area contributed by atoms with Crippen molar-refractivity contribution in [3.8, 4) is 6.07 Å². The van der Waals surface area contributed by atoms with Crippen LogP contribution in [0.25, 0.3) is 0 Å². The largest absolute Gasteiger partial charge is 0.396 e. The van der Waals surface area contributed by atoms with E-state index in [1.807, 2.05) is 0 Å². The lowest BCUT2D eigenvalue weighted by molar-refractivity contribution is -0.150. The minimum absolute atomic E-state index is 0.0189. The number of carbonyl (C=O) groups is 1. The molecule has 0 aliphatic rings. The Balaban J connectivity index is 2.30. The smallest absolute Gasteiger partial charge is 0.382 e. The summed E-state index contributed by atoms with van der Waals surface area (Å²) in [5.41, 5.74) is 5.44. The summed E-state index contributed by atoms with van der Waals surface area (Å²) in [4.78, 5) is 12.0. The molecule has 0 aliphatic carbocycles. The van der Waals surface area contributed by atoms with Crippen molar-refractivity contribution in [1.82, 2.24) is 9.78 Å². The Morgan fingerprint density at radius 2 is 2.00 bits per heavy atom. The Kier molecular flexibility index (Phi) is 4.17. The highest BCUT2D eigenvalue weighted by molar-refractivity contribution is 5.82. The van der Waals surface area contributed by atoms with Crippen LogP contribution in [0, 0.1) is 11.3 Å². The minimum Gasteiger partial charge on any atom is -0.382 e. The summed E-state index contributed by atoms with van der Waals surface area (Å²) >= 11 is 0. The van der Waals surface area contributed by atoms with Crippen LogP contribution in [0.15, 0.2) is 36.5 Å². The van der Waals surface area contributed by atoms with Gasteiger partial charge in [-0.15, -0.1) is 0 Å². The molecule has 0 aliphatic heterocycles. The zero-order chi connectivity index (χ0) is 16.3. The van der Waals surface area contributed by atoms with E-state index in [0.29, 0.717) is 4.68 Å². The third-order valence-corrected chi connectivity index (χ3v) is 3.14. The van der Waals surface area contributed by atoms with E-state index >= 15 is 0 Å². The molecule has 0 radical (unpaired) electrons.